The number of nitrogens with zero attached hydrogens (tertiary/aromatic N) is 1. The Hall–Kier alpha value is -2.54. The molecule has 0 bridgehead atoms. The average molecular weight is 624 g/mol. The van der Waals surface area contributed by atoms with Gasteiger partial charge in [0.25, 0.3) is 5.91 Å². The van der Waals surface area contributed by atoms with Crippen molar-refractivity contribution in [2.75, 3.05) is 6.54 Å². The number of hydrogen-bond donors (Lipinski definition) is 5. The summed E-state index contributed by atoms with van der Waals surface area (Å²) in [5.74, 6) is -1.92. The molecule has 0 radical (unpaired) electrons. The highest BCUT2D eigenvalue weighted by molar-refractivity contribution is 7.80. The number of ketones is 1. The molecule has 1 saturated heterocycles. The van der Waals surface area contributed by atoms with E-state index in [0.717, 1.165) is 44.9 Å². The summed E-state index contributed by atoms with van der Waals surface area (Å²) in [5, 5.41) is 10.6. The lowest BCUT2D eigenvalue weighted by molar-refractivity contribution is -0.144. The highest BCUT2D eigenvalue weighted by Crippen LogP contribution is 2.35. The molecule has 0 aromatic carbocycles. The predicted molar refractivity (Wildman–Crippen MR) is 161 cm³/mol. The zero-order chi connectivity index (χ0) is 31.5. The van der Waals surface area contributed by atoms with Gasteiger partial charge in [-0.05, 0) is 63.2 Å². The van der Waals surface area contributed by atoms with E-state index in [1.165, 1.54) is 4.90 Å². The van der Waals surface area contributed by atoms with Crippen molar-refractivity contribution in [3.8, 4) is 0 Å². The van der Waals surface area contributed by atoms with Gasteiger partial charge in [0.15, 0.2) is 11.1 Å². The van der Waals surface area contributed by atoms with Gasteiger partial charge < -0.3 is 30.7 Å². The Bertz CT molecular complexity index is 1110. The van der Waals surface area contributed by atoms with Gasteiger partial charge >= 0.3 is 6.03 Å². The van der Waals surface area contributed by atoms with Crippen LogP contribution in [0.2, 0.25) is 0 Å². The fraction of sp³-hybridized carbons (Fsp3) is 0.833. The molecule has 3 saturated carbocycles. The van der Waals surface area contributed by atoms with Gasteiger partial charge in [0.1, 0.15) is 12.1 Å². The molecule has 3 aliphatic carbocycles. The van der Waals surface area contributed by atoms with E-state index < -0.39 is 74.9 Å². The van der Waals surface area contributed by atoms with E-state index in [9.17, 15) is 32.7 Å². The van der Waals surface area contributed by atoms with Crippen molar-refractivity contribution in [2.24, 2.45) is 11.3 Å². The van der Waals surface area contributed by atoms with Gasteiger partial charge in [-0.3, -0.25) is 19.2 Å². The molecular formula is C30H49N5O7S. The van der Waals surface area contributed by atoms with Gasteiger partial charge in [-0.25, -0.2) is 9.00 Å². The van der Waals surface area contributed by atoms with Crippen molar-refractivity contribution < 1.29 is 32.7 Å². The molecule has 43 heavy (non-hydrogen) atoms. The number of hydrogen-bond acceptors (Lipinski definition) is 6. The zero-order valence-corrected chi connectivity index (χ0v) is 26.7. The second-order valence-electron chi connectivity index (χ2n) is 14.1. The molecule has 5 amide bonds. The van der Waals surface area contributed by atoms with Crippen LogP contribution >= 0.6 is 0 Å². The summed E-state index contributed by atoms with van der Waals surface area (Å²) in [6, 6.07) is -3.32. The Morgan fingerprint density at radius 2 is 1.60 bits per heavy atom. The minimum atomic E-state index is -2.14. The molecule has 4 fully saturated rings. The van der Waals surface area contributed by atoms with Crippen molar-refractivity contribution >= 4 is 40.6 Å². The Kier molecular flexibility index (Phi) is 10.6. The number of likely N-dealkylation sites (tertiary alicyclic amines) is 1. The van der Waals surface area contributed by atoms with E-state index in [4.69, 9.17) is 0 Å². The van der Waals surface area contributed by atoms with Crippen molar-refractivity contribution in [1.29, 1.82) is 0 Å². The first-order valence-corrected chi connectivity index (χ1v) is 17.0. The number of carbonyl (C=O) groups excluding carboxylic acids is 5. The summed E-state index contributed by atoms with van der Waals surface area (Å²) in [6.07, 6.45) is 8.73. The molecule has 12 nitrogen and oxygen atoms in total. The van der Waals surface area contributed by atoms with Crippen LogP contribution in [0, 0.1) is 11.3 Å². The maximum absolute atomic E-state index is 14.0. The SMILES string of the molecule is C[C@@H](S(=O)O)C1(NC(=O)N[C@H](C(=O)N2CCC[C@H]2C(=O)N[C@@H](CC2CC2)C(=O)C(=O)NC2CC2)C(C)(C)C)CCCCC1. The summed E-state index contributed by atoms with van der Waals surface area (Å²) in [5.41, 5.74) is -1.58. The standard InChI is InChI=1S/C30H49N5O7S/c1-18(43(41)42)30(14-6-5-7-15-30)34-28(40)33-24(29(2,3)4)27(39)35-16-8-9-22(35)25(37)32-21(17-19-10-11-19)23(36)26(38)31-20-12-13-20/h18-22,24H,5-17H2,1-4H3,(H,31,38)(H,32,37)(H,41,42)(H2,33,34,40)/t18-,21+,22+,24-/m1/s1. The molecule has 13 heteroatoms. The van der Waals surface area contributed by atoms with E-state index in [-0.39, 0.29) is 12.0 Å². The monoisotopic (exact) mass is 623 g/mol. The molecular weight excluding hydrogens is 574 g/mol. The van der Waals surface area contributed by atoms with Crippen LogP contribution in [-0.4, -0.2) is 84.7 Å². The lowest BCUT2D eigenvalue weighted by Gasteiger charge is -2.42. The minimum absolute atomic E-state index is 0.0256. The molecule has 1 unspecified atom stereocenters. The average Bonchev–Trinajstić information content (AvgIpc) is 3.88. The molecule has 1 aliphatic heterocycles. The van der Waals surface area contributed by atoms with Crippen LogP contribution in [0.4, 0.5) is 4.79 Å². The lowest BCUT2D eigenvalue weighted by atomic mass is 9.79. The third kappa shape index (κ3) is 8.55. The van der Waals surface area contributed by atoms with Gasteiger partial charge in [0, 0.05) is 12.6 Å². The van der Waals surface area contributed by atoms with Crippen molar-refractivity contribution in [3.63, 3.8) is 0 Å². The number of amides is 5. The Balaban J connectivity index is 1.45. The fourth-order valence-corrected chi connectivity index (χ4v) is 7.03. The molecule has 5 N–H and O–H groups in total. The third-order valence-corrected chi connectivity index (χ3v) is 10.5. The number of rotatable bonds is 12. The maximum atomic E-state index is 14.0. The number of Topliss-reactive ketones (excluding diaryl/α,β-unsaturated/α-hetero) is 1. The maximum Gasteiger partial charge on any atom is 0.315 e. The van der Waals surface area contributed by atoms with E-state index >= 15 is 0 Å². The first kappa shape index (κ1) is 33.4. The Labute approximate surface area is 256 Å². The predicted octanol–water partition coefficient (Wildman–Crippen LogP) is 2.14. The number of urea groups is 1. The smallest absolute Gasteiger partial charge is 0.315 e. The molecule has 0 spiro atoms. The van der Waals surface area contributed by atoms with E-state index in [1.807, 2.05) is 20.8 Å². The number of carbonyl (C=O) groups is 5. The van der Waals surface area contributed by atoms with Gasteiger partial charge in [-0.2, -0.15) is 0 Å². The lowest BCUT2D eigenvalue weighted by Crippen LogP contribution is -2.64. The minimum Gasteiger partial charge on any atom is -0.347 e. The van der Waals surface area contributed by atoms with Crippen LogP contribution in [-0.2, 0) is 30.3 Å². The van der Waals surface area contributed by atoms with Gasteiger partial charge in [0.2, 0.25) is 17.6 Å². The molecule has 242 valence electrons. The van der Waals surface area contributed by atoms with E-state index in [0.29, 0.717) is 38.6 Å². The number of nitrogens with one attached hydrogen (secondary N) is 4. The quantitative estimate of drug-likeness (QED) is 0.164. The van der Waals surface area contributed by atoms with Crippen molar-refractivity contribution in [2.45, 2.75) is 140 Å². The largest absolute Gasteiger partial charge is 0.347 e. The van der Waals surface area contributed by atoms with Crippen LogP contribution in [0.3, 0.4) is 0 Å². The summed E-state index contributed by atoms with van der Waals surface area (Å²) in [4.78, 5) is 67.8. The summed E-state index contributed by atoms with van der Waals surface area (Å²) in [7, 11) is 0. The van der Waals surface area contributed by atoms with Gasteiger partial charge in [0.05, 0.1) is 16.8 Å². The van der Waals surface area contributed by atoms with Crippen LogP contribution in [0.15, 0.2) is 0 Å². The first-order valence-electron chi connectivity index (χ1n) is 15.9. The summed E-state index contributed by atoms with van der Waals surface area (Å²) < 4.78 is 21.9. The zero-order valence-electron chi connectivity index (χ0n) is 25.9. The van der Waals surface area contributed by atoms with E-state index in [2.05, 4.69) is 21.3 Å². The summed E-state index contributed by atoms with van der Waals surface area (Å²) >= 11 is -2.14. The second kappa shape index (κ2) is 13.6. The van der Waals surface area contributed by atoms with E-state index in [1.54, 1.807) is 6.92 Å². The normalized spacial score (nSPS) is 24.7. The molecule has 4 rings (SSSR count). The Morgan fingerprint density at radius 3 is 2.16 bits per heavy atom. The highest BCUT2D eigenvalue weighted by Gasteiger charge is 2.46. The van der Waals surface area contributed by atoms with Gasteiger partial charge in [-0.15, -0.1) is 0 Å². The van der Waals surface area contributed by atoms with Crippen LogP contribution in [0.25, 0.3) is 0 Å². The van der Waals surface area contributed by atoms with Crippen LogP contribution < -0.4 is 21.3 Å². The highest BCUT2D eigenvalue weighted by atomic mass is 32.2. The third-order valence-electron chi connectivity index (χ3n) is 9.45. The van der Waals surface area contributed by atoms with Crippen molar-refractivity contribution in [1.82, 2.24) is 26.2 Å². The molecule has 5 atom stereocenters. The molecule has 0 aromatic rings. The van der Waals surface area contributed by atoms with Crippen LogP contribution in [0.5, 0.6) is 0 Å². The van der Waals surface area contributed by atoms with Crippen molar-refractivity contribution in [3.05, 3.63) is 0 Å². The fourth-order valence-electron chi connectivity index (χ4n) is 6.35. The summed E-state index contributed by atoms with van der Waals surface area (Å²) in [6.45, 7) is 7.45. The van der Waals surface area contributed by atoms with Crippen LogP contribution in [0.1, 0.15) is 105 Å². The molecule has 0 aromatic heterocycles. The molecule has 4 aliphatic rings. The first-order chi connectivity index (χ1) is 20.2. The Morgan fingerprint density at radius 1 is 0.953 bits per heavy atom. The molecule has 1 heterocycles. The topological polar surface area (TPSA) is 174 Å². The second-order valence-corrected chi connectivity index (χ2v) is 15.3. The van der Waals surface area contributed by atoms with Gasteiger partial charge in [-0.1, -0.05) is 52.9 Å².